The summed E-state index contributed by atoms with van der Waals surface area (Å²) in [6, 6.07) is 12.7. The van der Waals surface area contributed by atoms with Crippen LogP contribution >= 0.6 is 0 Å². The first-order valence-corrected chi connectivity index (χ1v) is 6.63. The molecule has 98 valence electrons. The van der Waals surface area contributed by atoms with E-state index in [9.17, 15) is 0 Å². The fourth-order valence-electron chi connectivity index (χ4n) is 2.36. The lowest BCUT2D eigenvalue weighted by Gasteiger charge is -2.11. The Morgan fingerprint density at radius 1 is 1.21 bits per heavy atom. The molecule has 0 aliphatic carbocycles. The summed E-state index contributed by atoms with van der Waals surface area (Å²) in [5, 5.41) is 4.83. The Bertz CT molecular complexity index is 640. The third-order valence-corrected chi connectivity index (χ3v) is 3.40. The van der Waals surface area contributed by atoms with Crippen LogP contribution in [-0.4, -0.2) is 11.0 Å². The van der Waals surface area contributed by atoms with Gasteiger partial charge in [0.2, 0.25) is 0 Å². The Labute approximate surface area is 112 Å². The lowest BCUT2D eigenvalue weighted by molar-refractivity contribution is 0.457. The van der Waals surface area contributed by atoms with Crippen LogP contribution in [0, 0.1) is 0 Å². The molecule has 3 nitrogen and oxygen atoms in total. The molecular weight excluding hydrogens is 236 g/mol. The molecule has 3 heteroatoms. The normalized spacial score (nSPS) is 12.9. The lowest BCUT2D eigenvalue weighted by atomic mass is 10.1. The number of fused-ring (bicyclic) bond motifs is 1. The van der Waals surface area contributed by atoms with Crippen LogP contribution in [0.15, 0.2) is 53.3 Å². The van der Waals surface area contributed by atoms with Gasteiger partial charge in [0, 0.05) is 36.1 Å². The summed E-state index contributed by atoms with van der Waals surface area (Å²) < 4.78 is 5.37. The van der Waals surface area contributed by atoms with Crippen LogP contribution in [0.3, 0.4) is 0 Å². The Morgan fingerprint density at radius 2 is 2.11 bits per heavy atom. The molecule has 0 radical (unpaired) electrons. The predicted molar refractivity (Wildman–Crippen MR) is 77.0 cm³/mol. The Hall–Kier alpha value is -2.00. The smallest absolute Gasteiger partial charge is 0.105 e. The molecule has 0 spiro atoms. The quantitative estimate of drug-likeness (QED) is 0.732. The molecular formula is C16H18N2O. The topological polar surface area (TPSA) is 41.0 Å². The monoisotopic (exact) mass is 254 g/mol. The SMILES string of the molecule is CC(Cc1ccco1)NCc1c[nH]c2ccccc12. The number of para-hydroxylation sites is 1. The van der Waals surface area contributed by atoms with E-state index >= 15 is 0 Å². The van der Waals surface area contributed by atoms with Crippen molar-refractivity contribution in [1.29, 1.82) is 0 Å². The van der Waals surface area contributed by atoms with Gasteiger partial charge in [0.15, 0.2) is 0 Å². The Morgan fingerprint density at radius 3 is 2.95 bits per heavy atom. The van der Waals surface area contributed by atoms with Gasteiger partial charge >= 0.3 is 0 Å². The zero-order valence-electron chi connectivity index (χ0n) is 11.0. The van der Waals surface area contributed by atoms with E-state index in [0.29, 0.717) is 6.04 Å². The average Bonchev–Trinajstić information content (AvgIpc) is 3.05. The maximum absolute atomic E-state index is 5.37. The second kappa shape index (κ2) is 5.33. The third-order valence-electron chi connectivity index (χ3n) is 3.40. The zero-order chi connectivity index (χ0) is 13.1. The Kier molecular flexibility index (Phi) is 3.38. The van der Waals surface area contributed by atoms with Gasteiger partial charge in [0.05, 0.1) is 6.26 Å². The van der Waals surface area contributed by atoms with Crippen molar-refractivity contribution in [3.05, 3.63) is 60.2 Å². The first-order chi connectivity index (χ1) is 9.33. The fraction of sp³-hybridized carbons (Fsp3) is 0.250. The number of hydrogen-bond acceptors (Lipinski definition) is 2. The first kappa shape index (κ1) is 12.1. The number of aromatic nitrogens is 1. The molecule has 0 amide bonds. The van der Waals surface area contributed by atoms with Crippen LogP contribution in [0.25, 0.3) is 10.9 Å². The molecule has 0 fully saturated rings. The highest BCUT2D eigenvalue weighted by atomic mass is 16.3. The van der Waals surface area contributed by atoms with Crippen LogP contribution in [-0.2, 0) is 13.0 Å². The van der Waals surface area contributed by atoms with Crippen molar-refractivity contribution in [2.24, 2.45) is 0 Å². The molecule has 2 N–H and O–H groups in total. The number of nitrogens with one attached hydrogen (secondary N) is 2. The minimum absolute atomic E-state index is 0.389. The van der Waals surface area contributed by atoms with E-state index in [4.69, 9.17) is 4.42 Å². The van der Waals surface area contributed by atoms with Gasteiger partial charge in [-0.15, -0.1) is 0 Å². The summed E-state index contributed by atoms with van der Waals surface area (Å²) in [4.78, 5) is 3.30. The number of hydrogen-bond donors (Lipinski definition) is 2. The van der Waals surface area contributed by atoms with Crippen molar-refractivity contribution >= 4 is 10.9 Å². The molecule has 1 atom stereocenters. The van der Waals surface area contributed by atoms with E-state index in [1.54, 1.807) is 6.26 Å². The summed E-state index contributed by atoms with van der Waals surface area (Å²) in [7, 11) is 0. The highest BCUT2D eigenvalue weighted by Crippen LogP contribution is 2.17. The van der Waals surface area contributed by atoms with E-state index in [1.165, 1.54) is 16.5 Å². The van der Waals surface area contributed by atoms with Gasteiger partial charge in [-0.3, -0.25) is 0 Å². The number of aromatic amines is 1. The largest absolute Gasteiger partial charge is 0.469 e. The van der Waals surface area contributed by atoms with Gasteiger partial charge in [0.25, 0.3) is 0 Å². The van der Waals surface area contributed by atoms with Crippen molar-refractivity contribution in [3.8, 4) is 0 Å². The highest BCUT2D eigenvalue weighted by Gasteiger charge is 2.07. The molecule has 0 aliphatic rings. The third kappa shape index (κ3) is 2.71. The second-order valence-electron chi connectivity index (χ2n) is 4.92. The van der Waals surface area contributed by atoms with Crippen molar-refractivity contribution in [3.63, 3.8) is 0 Å². The minimum atomic E-state index is 0.389. The van der Waals surface area contributed by atoms with E-state index in [-0.39, 0.29) is 0 Å². The van der Waals surface area contributed by atoms with Crippen LogP contribution < -0.4 is 5.32 Å². The van der Waals surface area contributed by atoms with E-state index in [0.717, 1.165) is 18.7 Å². The van der Waals surface area contributed by atoms with Crippen LogP contribution in [0.2, 0.25) is 0 Å². The summed E-state index contributed by atoms with van der Waals surface area (Å²) in [5.74, 6) is 1.03. The first-order valence-electron chi connectivity index (χ1n) is 6.63. The summed E-state index contributed by atoms with van der Waals surface area (Å²) >= 11 is 0. The maximum Gasteiger partial charge on any atom is 0.105 e. The summed E-state index contributed by atoms with van der Waals surface area (Å²) in [6.45, 7) is 3.04. The van der Waals surface area contributed by atoms with Crippen molar-refractivity contribution in [2.75, 3.05) is 0 Å². The molecule has 2 aromatic heterocycles. The Balaban J connectivity index is 1.62. The van der Waals surface area contributed by atoms with Gasteiger partial charge in [-0.1, -0.05) is 18.2 Å². The van der Waals surface area contributed by atoms with Crippen LogP contribution in [0.4, 0.5) is 0 Å². The van der Waals surface area contributed by atoms with Gasteiger partial charge in [0.1, 0.15) is 5.76 Å². The van der Waals surface area contributed by atoms with E-state index < -0.39 is 0 Å². The van der Waals surface area contributed by atoms with E-state index in [2.05, 4.69) is 47.7 Å². The molecule has 0 aliphatic heterocycles. The van der Waals surface area contributed by atoms with Crippen molar-refractivity contribution in [2.45, 2.75) is 25.9 Å². The fourth-order valence-corrected chi connectivity index (χ4v) is 2.36. The zero-order valence-corrected chi connectivity index (χ0v) is 11.0. The van der Waals surface area contributed by atoms with Crippen molar-refractivity contribution < 1.29 is 4.42 Å². The molecule has 3 rings (SSSR count). The van der Waals surface area contributed by atoms with Gasteiger partial charge in [-0.05, 0) is 30.7 Å². The molecule has 1 unspecified atom stereocenters. The standard InChI is InChI=1S/C16H18N2O/c1-12(9-14-5-4-8-19-14)17-10-13-11-18-16-7-3-2-6-15(13)16/h2-8,11-12,17-18H,9-10H2,1H3. The maximum atomic E-state index is 5.37. The summed E-state index contributed by atoms with van der Waals surface area (Å²) in [5.41, 5.74) is 2.50. The minimum Gasteiger partial charge on any atom is -0.469 e. The van der Waals surface area contributed by atoms with Crippen LogP contribution in [0.5, 0.6) is 0 Å². The molecule has 3 aromatic rings. The molecule has 0 saturated heterocycles. The molecule has 0 bridgehead atoms. The number of H-pyrrole nitrogens is 1. The number of benzene rings is 1. The lowest BCUT2D eigenvalue weighted by Crippen LogP contribution is -2.27. The van der Waals surface area contributed by atoms with Crippen molar-refractivity contribution in [1.82, 2.24) is 10.3 Å². The highest BCUT2D eigenvalue weighted by molar-refractivity contribution is 5.82. The average molecular weight is 254 g/mol. The van der Waals surface area contributed by atoms with Gasteiger partial charge in [-0.2, -0.15) is 0 Å². The molecule has 2 heterocycles. The van der Waals surface area contributed by atoms with Gasteiger partial charge < -0.3 is 14.7 Å². The van der Waals surface area contributed by atoms with E-state index in [1.807, 2.05) is 12.1 Å². The number of furan rings is 1. The predicted octanol–water partition coefficient (Wildman–Crippen LogP) is 3.48. The van der Waals surface area contributed by atoms with Crippen LogP contribution in [0.1, 0.15) is 18.2 Å². The molecule has 19 heavy (non-hydrogen) atoms. The second-order valence-corrected chi connectivity index (χ2v) is 4.92. The molecule has 0 saturated carbocycles. The number of rotatable bonds is 5. The molecule has 1 aromatic carbocycles. The van der Waals surface area contributed by atoms with Gasteiger partial charge in [-0.25, -0.2) is 0 Å². The summed E-state index contributed by atoms with van der Waals surface area (Å²) in [6.07, 6.45) is 4.72.